The zero-order valence-electron chi connectivity index (χ0n) is 13.2. The number of hydrogen-bond acceptors (Lipinski definition) is 4. The van der Waals surface area contributed by atoms with Gasteiger partial charge in [0.25, 0.3) is 5.56 Å². The highest BCUT2D eigenvalue weighted by molar-refractivity contribution is 5.94. The largest absolute Gasteiger partial charge is 0.461 e. The molecule has 0 spiro atoms. The number of esters is 1. The number of carbonyl (C=O) groups excluding carboxylic acids is 1. The van der Waals surface area contributed by atoms with Gasteiger partial charge >= 0.3 is 5.97 Å². The molecule has 5 heteroatoms. The van der Waals surface area contributed by atoms with Crippen molar-refractivity contribution in [2.45, 2.75) is 6.92 Å². The summed E-state index contributed by atoms with van der Waals surface area (Å²) in [5.41, 5.74) is 1.61. The van der Waals surface area contributed by atoms with Gasteiger partial charge in [-0.05, 0) is 19.1 Å². The molecule has 0 aliphatic carbocycles. The lowest BCUT2D eigenvalue weighted by Crippen LogP contribution is -2.24. The third kappa shape index (κ3) is 2.96. The Morgan fingerprint density at radius 1 is 1.04 bits per heavy atom. The summed E-state index contributed by atoms with van der Waals surface area (Å²) >= 11 is 0. The maximum Gasteiger partial charge on any atom is 0.359 e. The van der Waals surface area contributed by atoms with Crippen molar-refractivity contribution in [1.29, 1.82) is 0 Å². The summed E-state index contributed by atoms with van der Waals surface area (Å²) in [5.74, 6) is -0.555. The highest BCUT2D eigenvalue weighted by atomic mass is 16.5. The summed E-state index contributed by atoms with van der Waals surface area (Å²) < 4.78 is 6.58. The van der Waals surface area contributed by atoms with Crippen LogP contribution in [0.5, 0.6) is 0 Å². The Hall–Kier alpha value is -3.21. The van der Waals surface area contributed by atoms with Gasteiger partial charge in [-0.2, -0.15) is 0 Å². The first kappa shape index (κ1) is 15.7. The SMILES string of the molecule is CCOC(=O)c1ncc(=O)n(-c2ccccc2)c1-c1ccccc1. The fraction of sp³-hybridized carbons (Fsp3) is 0.105. The Balaban J connectivity index is 2.34. The van der Waals surface area contributed by atoms with E-state index < -0.39 is 5.97 Å². The van der Waals surface area contributed by atoms with Gasteiger partial charge in [0.1, 0.15) is 0 Å². The minimum Gasteiger partial charge on any atom is -0.461 e. The van der Waals surface area contributed by atoms with E-state index in [2.05, 4.69) is 4.98 Å². The average Bonchev–Trinajstić information content (AvgIpc) is 2.63. The number of ether oxygens (including phenoxy) is 1. The van der Waals surface area contributed by atoms with Gasteiger partial charge in [-0.25, -0.2) is 9.78 Å². The van der Waals surface area contributed by atoms with Gasteiger partial charge in [0, 0.05) is 11.3 Å². The molecule has 0 aliphatic rings. The van der Waals surface area contributed by atoms with E-state index in [0.717, 1.165) is 11.8 Å². The third-order valence-corrected chi connectivity index (χ3v) is 3.50. The molecule has 120 valence electrons. The molecule has 0 fully saturated rings. The lowest BCUT2D eigenvalue weighted by atomic mass is 10.1. The van der Waals surface area contributed by atoms with Crippen molar-refractivity contribution in [1.82, 2.24) is 9.55 Å². The van der Waals surface area contributed by atoms with Crippen molar-refractivity contribution in [3.8, 4) is 16.9 Å². The van der Waals surface area contributed by atoms with Crippen LogP contribution < -0.4 is 5.56 Å². The lowest BCUT2D eigenvalue weighted by Gasteiger charge is -2.15. The van der Waals surface area contributed by atoms with Crippen LogP contribution in [0.4, 0.5) is 0 Å². The quantitative estimate of drug-likeness (QED) is 0.693. The van der Waals surface area contributed by atoms with Crippen molar-refractivity contribution in [2.24, 2.45) is 0 Å². The third-order valence-electron chi connectivity index (χ3n) is 3.50. The molecule has 0 unspecified atom stereocenters. The molecular weight excluding hydrogens is 304 g/mol. The van der Waals surface area contributed by atoms with Crippen molar-refractivity contribution in [2.75, 3.05) is 6.61 Å². The van der Waals surface area contributed by atoms with Gasteiger partial charge in [-0.1, -0.05) is 48.5 Å². The minimum absolute atomic E-state index is 0.117. The maximum absolute atomic E-state index is 12.5. The zero-order valence-corrected chi connectivity index (χ0v) is 13.2. The van der Waals surface area contributed by atoms with Crippen molar-refractivity contribution < 1.29 is 9.53 Å². The number of benzene rings is 2. The smallest absolute Gasteiger partial charge is 0.359 e. The molecule has 1 aromatic heterocycles. The molecule has 3 rings (SSSR count). The number of para-hydroxylation sites is 1. The van der Waals surface area contributed by atoms with E-state index in [4.69, 9.17) is 4.74 Å². The summed E-state index contributed by atoms with van der Waals surface area (Å²) in [7, 11) is 0. The Morgan fingerprint density at radius 3 is 2.29 bits per heavy atom. The van der Waals surface area contributed by atoms with Crippen LogP contribution in [0.15, 0.2) is 71.7 Å². The van der Waals surface area contributed by atoms with Crippen LogP contribution in [0.1, 0.15) is 17.4 Å². The van der Waals surface area contributed by atoms with Crippen LogP contribution in [0.2, 0.25) is 0 Å². The van der Waals surface area contributed by atoms with E-state index in [-0.39, 0.29) is 17.9 Å². The van der Waals surface area contributed by atoms with Crippen molar-refractivity contribution >= 4 is 5.97 Å². The second-order valence-corrected chi connectivity index (χ2v) is 5.05. The molecule has 3 aromatic rings. The average molecular weight is 320 g/mol. The Kier molecular flexibility index (Phi) is 4.52. The van der Waals surface area contributed by atoms with Crippen LogP contribution in [0.25, 0.3) is 16.9 Å². The van der Waals surface area contributed by atoms with Gasteiger partial charge in [0.05, 0.1) is 18.5 Å². The maximum atomic E-state index is 12.5. The monoisotopic (exact) mass is 320 g/mol. The molecule has 0 radical (unpaired) electrons. The standard InChI is InChI=1S/C19H16N2O3/c1-2-24-19(23)17-18(14-9-5-3-6-10-14)21(16(22)13-20-17)15-11-7-4-8-12-15/h3-13H,2H2,1H3. The molecule has 0 atom stereocenters. The first-order valence-electron chi connectivity index (χ1n) is 7.62. The summed E-state index contributed by atoms with van der Waals surface area (Å²) in [4.78, 5) is 28.9. The van der Waals surface area contributed by atoms with Gasteiger partial charge in [0.2, 0.25) is 0 Å². The number of carbonyl (C=O) groups is 1. The fourth-order valence-corrected chi connectivity index (χ4v) is 2.50. The minimum atomic E-state index is -0.555. The summed E-state index contributed by atoms with van der Waals surface area (Å²) in [6, 6.07) is 18.4. The Morgan fingerprint density at radius 2 is 1.67 bits per heavy atom. The number of rotatable bonds is 4. The predicted octanol–water partition coefficient (Wildman–Crippen LogP) is 3.08. The molecule has 0 amide bonds. The molecule has 0 saturated carbocycles. The number of nitrogens with zero attached hydrogens (tertiary/aromatic N) is 2. The molecule has 24 heavy (non-hydrogen) atoms. The molecule has 1 heterocycles. The molecule has 0 N–H and O–H groups in total. The van der Waals surface area contributed by atoms with E-state index in [1.54, 1.807) is 6.92 Å². The summed E-state index contributed by atoms with van der Waals surface area (Å²) in [6.45, 7) is 1.96. The summed E-state index contributed by atoms with van der Waals surface area (Å²) in [5, 5.41) is 0. The fourth-order valence-electron chi connectivity index (χ4n) is 2.50. The topological polar surface area (TPSA) is 61.2 Å². The van der Waals surface area contributed by atoms with Crippen LogP contribution in [-0.2, 0) is 4.74 Å². The molecule has 5 nitrogen and oxygen atoms in total. The zero-order chi connectivity index (χ0) is 16.9. The van der Waals surface area contributed by atoms with E-state index in [9.17, 15) is 9.59 Å². The highest BCUT2D eigenvalue weighted by Gasteiger charge is 2.21. The van der Waals surface area contributed by atoms with Crippen molar-refractivity contribution in [3.05, 3.63) is 82.9 Å². The number of hydrogen-bond donors (Lipinski definition) is 0. The first-order valence-corrected chi connectivity index (χ1v) is 7.62. The van der Waals surface area contributed by atoms with Gasteiger partial charge in [-0.3, -0.25) is 9.36 Å². The van der Waals surface area contributed by atoms with Gasteiger partial charge in [0.15, 0.2) is 5.69 Å². The molecule has 0 bridgehead atoms. The molecular formula is C19H16N2O3. The van der Waals surface area contributed by atoms with Crippen LogP contribution in [-0.4, -0.2) is 22.1 Å². The van der Waals surface area contributed by atoms with Gasteiger partial charge < -0.3 is 4.74 Å². The lowest BCUT2D eigenvalue weighted by molar-refractivity contribution is 0.0519. The normalized spacial score (nSPS) is 10.4. The molecule has 0 saturated heterocycles. The van der Waals surface area contributed by atoms with E-state index in [1.165, 1.54) is 4.57 Å². The first-order chi connectivity index (χ1) is 11.7. The molecule has 0 aliphatic heterocycles. The second kappa shape index (κ2) is 6.91. The van der Waals surface area contributed by atoms with Crippen LogP contribution in [0.3, 0.4) is 0 Å². The van der Waals surface area contributed by atoms with E-state index in [0.29, 0.717) is 11.4 Å². The van der Waals surface area contributed by atoms with Crippen molar-refractivity contribution in [3.63, 3.8) is 0 Å². The molecule has 2 aromatic carbocycles. The predicted molar refractivity (Wildman–Crippen MR) is 91.2 cm³/mol. The van der Waals surface area contributed by atoms with Crippen LogP contribution in [0, 0.1) is 0 Å². The Bertz CT molecular complexity index is 903. The van der Waals surface area contributed by atoms with Crippen LogP contribution >= 0.6 is 0 Å². The Labute approximate surface area is 139 Å². The summed E-state index contributed by atoms with van der Waals surface area (Å²) in [6.07, 6.45) is 1.14. The number of aromatic nitrogens is 2. The van der Waals surface area contributed by atoms with E-state index in [1.807, 2.05) is 60.7 Å². The van der Waals surface area contributed by atoms with E-state index >= 15 is 0 Å². The van der Waals surface area contributed by atoms with Gasteiger partial charge in [-0.15, -0.1) is 0 Å². The highest BCUT2D eigenvalue weighted by Crippen LogP contribution is 2.24. The second-order valence-electron chi connectivity index (χ2n) is 5.05.